The number of hydrogen-bond donors (Lipinski definition) is 4. The molecule has 0 spiro atoms. The summed E-state index contributed by atoms with van der Waals surface area (Å²) in [4.78, 5) is 13.3. The molecule has 190 valence electrons. The van der Waals surface area contributed by atoms with Crippen molar-refractivity contribution in [3.8, 4) is 17.1 Å². The minimum absolute atomic E-state index is 0.0530. The van der Waals surface area contributed by atoms with Crippen molar-refractivity contribution < 1.29 is 24.1 Å². The third-order valence-electron chi connectivity index (χ3n) is 5.91. The predicted molar refractivity (Wildman–Crippen MR) is 133 cm³/mol. The van der Waals surface area contributed by atoms with E-state index < -0.39 is 6.10 Å². The number of aromatic nitrogens is 3. The van der Waals surface area contributed by atoms with Crippen molar-refractivity contribution in [2.45, 2.75) is 31.9 Å². The van der Waals surface area contributed by atoms with Crippen LogP contribution in [0.2, 0.25) is 0 Å². The summed E-state index contributed by atoms with van der Waals surface area (Å²) in [7, 11) is 1.54. The first-order valence-corrected chi connectivity index (χ1v) is 11.7. The van der Waals surface area contributed by atoms with Crippen LogP contribution in [0.1, 0.15) is 35.0 Å². The van der Waals surface area contributed by atoms with E-state index in [1.165, 1.54) is 19.2 Å². The highest BCUT2D eigenvalue weighted by Crippen LogP contribution is 2.37. The van der Waals surface area contributed by atoms with Crippen molar-refractivity contribution in [2.24, 2.45) is 0 Å². The maximum Gasteiger partial charge on any atom is 0.220 e. The lowest BCUT2D eigenvalue weighted by Crippen LogP contribution is -2.30. The normalized spacial score (nSPS) is 16.9. The number of aryl methyl sites for hydroxylation is 1. The topological polar surface area (TPSA) is 136 Å². The van der Waals surface area contributed by atoms with Crippen LogP contribution in [-0.2, 0) is 11.2 Å². The molecule has 5 N–H and O–H groups in total. The van der Waals surface area contributed by atoms with Gasteiger partial charge in [-0.3, -0.25) is 0 Å². The number of nitrogens with one attached hydrogen (secondary N) is 1. The smallest absolute Gasteiger partial charge is 0.220 e. The van der Waals surface area contributed by atoms with Gasteiger partial charge in [-0.25, -0.2) is 19.3 Å². The fraction of sp³-hybridized carbons (Fsp3) is 0.346. The SMILES string of the molecule is COc1cccc(-c2cc(F)ccc2[C@H]2Cc3nc(N)nc(C)c3/C(=C/CCOC[C@@H](O)CO)N2)n1. The number of methoxy groups -OCH3 is 1. The molecule has 1 aliphatic heterocycles. The van der Waals surface area contributed by atoms with E-state index in [9.17, 15) is 9.50 Å². The molecule has 1 aliphatic rings. The molecule has 4 rings (SSSR count). The van der Waals surface area contributed by atoms with Crippen LogP contribution in [0.4, 0.5) is 10.3 Å². The van der Waals surface area contributed by atoms with E-state index in [2.05, 4.69) is 20.3 Å². The van der Waals surface area contributed by atoms with E-state index in [0.29, 0.717) is 36.6 Å². The van der Waals surface area contributed by atoms with Crippen LogP contribution in [-0.4, -0.2) is 58.2 Å². The highest BCUT2D eigenvalue weighted by molar-refractivity contribution is 5.72. The maximum atomic E-state index is 14.4. The molecule has 36 heavy (non-hydrogen) atoms. The average Bonchev–Trinajstić information content (AvgIpc) is 2.87. The van der Waals surface area contributed by atoms with Gasteiger partial charge in [0.2, 0.25) is 11.8 Å². The number of benzene rings is 1. The van der Waals surface area contributed by atoms with Gasteiger partial charge in [-0.05, 0) is 37.1 Å². The third kappa shape index (κ3) is 5.78. The number of nitrogen functional groups attached to an aromatic ring is 1. The largest absolute Gasteiger partial charge is 0.481 e. The zero-order valence-electron chi connectivity index (χ0n) is 20.2. The lowest BCUT2D eigenvalue weighted by Gasteiger charge is -2.31. The van der Waals surface area contributed by atoms with E-state index in [1.54, 1.807) is 12.1 Å². The van der Waals surface area contributed by atoms with Gasteiger partial charge in [-0.15, -0.1) is 0 Å². The quantitative estimate of drug-likeness (QED) is 0.330. The van der Waals surface area contributed by atoms with Crippen LogP contribution in [0, 0.1) is 12.7 Å². The Morgan fingerprint density at radius 2 is 2.08 bits per heavy atom. The van der Waals surface area contributed by atoms with Gasteiger partial charge in [0.15, 0.2) is 0 Å². The highest BCUT2D eigenvalue weighted by Gasteiger charge is 2.28. The Labute approximate surface area is 208 Å². The number of ether oxygens (including phenoxy) is 2. The Balaban J connectivity index is 1.69. The van der Waals surface area contributed by atoms with Crippen molar-refractivity contribution in [1.82, 2.24) is 20.3 Å². The van der Waals surface area contributed by atoms with E-state index in [4.69, 9.17) is 20.3 Å². The van der Waals surface area contributed by atoms with Crippen LogP contribution in [0.5, 0.6) is 5.88 Å². The Morgan fingerprint density at radius 3 is 2.86 bits per heavy atom. The number of aliphatic hydroxyl groups is 2. The minimum atomic E-state index is -0.906. The molecular weight excluding hydrogens is 465 g/mol. The summed E-state index contributed by atoms with van der Waals surface area (Å²) in [6.07, 6.45) is 2.14. The average molecular weight is 496 g/mol. The molecule has 10 heteroatoms. The van der Waals surface area contributed by atoms with Gasteiger partial charge in [-0.1, -0.05) is 18.2 Å². The molecule has 0 aliphatic carbocycles. The summed E-state index contributed by atoms with van der Waals surface area (Å²) in [6.45, 7) is 1.94. The van der Waals surface area contributed by atoms with E-state index in [1.807, 2.05) is 25.1 Å². The number of nitrogens with two attached hydrogens (primary N) is 1. The lowest BCUT2D eigenvalue weighted by atomic mass is 9.89. The first kappa shape index (κ1) is 25.5. The summed E-state index contributed by atoms with van der Waals surface area (Å²) in [5, 5.41) is 22.0. The zero-order chi connectivity index (χ0) is 25.7. The molecule has 2 atom stereocenters. The summed E-state index contributed by atoms with van der Waals surface area (Å²) in [5.74, 6) is 0.268. The number of fused-ring (bicyclic) bond motifs is 1. The number of nitrogens with zero attached hydrogens (tertiary/aromatic N) is 3. The molecule has 9 nitrogen and oxygen atoms in total. The summed E-state index contributed by atoms with van der Waals surface area (Å²) in [5.41, 5.74) is 11.3. The van der Waals surface area contributed by atoms with Gasteiger partial charge >= 0.3 is 0 Å². The minimum Gasteiger partial charge on any atom is -0.481 e. The molecule has 0 radical (unpaired) electrons. The molecule has 0 saturated carbocycles. The van der Waals surface area contributed by atoms with Crippen LogP contribution in [0.15, 0.2) is 42.5 Å². The number of aliphatic hydroxyl groups excluding tert-OH is 2. The van der Waals surface area contributed by atoms with E-state index >= 15 is 0 Å². The van der Waals surface area contributed by atoms with Crippen molar-refractivity contribution in [3.05, 3.63) is 70.8 Å². The molecule has 0 bridgehead atoms. The van der Waals surface area contributed by atoms with Gasteiger partial charge < -0.3 is 30.7 Å². The van der Waals surface area contributed by atoms with Gasteiger partial charge in [0, 0.05) is 29.3 Å². The molecule has 0 unspecified atom stereocenters. The fourth-order valence-corrected chi connectivity index (χ4v) is 4.30. The second-order valence-corrected chi connectivity index (χ2v) is 8.50. The van der Waals surface area contributed by atoms with Crippen molar-refractivity contribution in [1.29, 1.82) is 0 Å². The summed E-state index contributed by atoms with van der Waals surface area (Å²) >= 11 is 0. The Morgan fingerprint density at radius 1 is 1.25 bits per heavy atom. The molecule has 2 aromatic heterocycles. The Kier molecular flexibility index (Phi) is 8.09. The molecule has 0 fully saturated rings. The van der Waals surface area contributed by atoms with Crippen molar-refractivity contribution in [3.63, 3.8) is 0 Å². The number of hydrogen-bond acceptors (Lipinski definition) is 9. The van der Waals surface area contributed by atoms with E-state index in [-0.39, 0.29) is 31.0 Å². The maximum absolute atomic E-state index is 14.4. The molecule has 3 heterocycles. The Bertz CT molecular complexity index is 1250. The van der Waals surface area contributed by atoms with Gasteiger partial charge in [0.1, 0.15) is 11.9 Å². The summed E-state index contributed by atoms with van der Waals surface area (Å²) < 4.78 is 25.1. The van der Waals surface area contributed by atoms with Crippen LogP contribution in [0.25, 0.3) is 17.0 Å². The standard InChI is InChI=1S/C26H30FN5O4/c1-15-25-21(6-4-10-36-14-17(34)13-33)30-22(12-23(25)32-26(28)29-15)18-9-8-16(27)11-19(18)20-5-3-7-24(31-20)35-2/h3,5-9,11,17,22,30,33-34H,4,10,12-14H2,1-2H3,(H2,28,29,32)/b21-6-/t17-,22+/m0/s1. The molecule has 3 aromatic rings. The predicted octanol–water partition coefficient (Wildman–Crippen LogP) is 2.56. The van der Waals surface area contributed by atoms with Gasteiger partial charge in [0.25, 0.3) is 0 Å². The van der Waals surface area contributed by atoms with Crippen molar-refractivity contribution in [2.75, 3.05) is 32.7 Å². The Hall–Kier alpha value is -3.60. The molecule has 1 aromatic carbocycles. The van der Waals surface area contributed by atoms with E-state index in [0.717, 1.165) is 28.2 Å². The monoisotopic (exact) mass is 495 g/mol. The first-order valence-electron chi connectivity index (χ1n) is 11.7. The zero-order valence-corrected chi connectivity index (χ0v) is 20.2. The van der Waals surface area contributed by atoms with Crippen LogP contribution in [0.3, 0.4) is 0 Å². The van der Waals surface area contributed by atoms with Crippen LogP contribution >= 0.6 is 0 Å². The highest BCUT2D eigenvalue weighted by atomic mass is 19.1. The van der Waals surface area contributed by atoms with Gasteiger partial charge in [-0.2, -0.15) is 0 Å². The van der Waals surface area contributed by atoms with Crippen LogP contribution < -0.4 is 15.8 Å². The number of rotatable bonds is 9. The number of anilines is 1. The number of halogens is 1. The molecule has 0 saturated heterocycles. The molecular formula is C26H30FN5O4. The van der Waals surface area contributed by atoms with Gasteiger partial charge in [0.05, 0.1) is 50.1 Å². The molecule has 0 amide bonds. The lowest BCUT2D eigenvalue weighted by molar-refractivity contribution is 0.00768. The first-order chi connectivity index (χ1) is 17.4. The second-order valence-electron chi connectivity index (χ2n) is 8.50. The fourth-order valence-electron chi connectivity index (χ4n) is 4.30. The second kappa shape index (κ2) is 11.4. The summed E-state index contributed by atoms with van der Waals surface area (Å²) in [6, 6.07) is 9.79. The number of pyridine rings is 1. The van der Waals surface area contributed by atoms with Crippen molar-refractivity contribution >= 4 is 11.6 Å². The third-order valence-corrected chi connectivity index (χ3v) is 5.91.